The minimum atomic E-state index is -1.02. The average Bonchev–Trinajstić information content (AvgIpc) is 3.48. The van der Waals surface area contributed by atoms with Gasteiger partial charge in [0.2, 0.25) is 17.7 Å². The molecule has 5 atom stereocenters. The van der Waals surface area contributed by atoms with Gasteiger partial charge in [0.1, 0.15) is 30.1 Å². The van der Waals surface area contributed by atoms with Gasteiger partial charge in [0, 0.05) is 25.4 Å². The van der Waals surface area contributed by atoms with Crippen LogP contribution in [0.2, 0.25) is 0 Å². The van der Waals surface area contributed by atoms with Crippen LogP contribution in [-0.4, -0.2) is 81.6 Å². The van der Waals surface area contributed by atoms with Crippen LogP contribution in [0.4, 0.5) is 0 Å². The SMILES string of the molecule is CC[C@@H](C=O)NC(=O)[C@@H]1C[C@@H](OCc2ccc(C#N)cc2)CN1C(=O)[C@@H](NC(=O)[C@@H](NC(=O)c1cnccn1)C(C)C)C(C)C. The van der Waals surface area contributed by atoms with Crippen LogP contribution >= 0.6 is 0 Å². The molecule has 4 amide bonds. The van der Waals surface area contributed by atoms with Gasteiger partial charge in [-0.15, -0.1) is 0 Å². The Kier molecular flexibility index (Phi) is 12.7. The zero-order chi connectivity index (χ0) is 33.1. The molecule has 0 spiro atoms. The molecular weight excluding hydrogens is 578 g/mol. The molecular formula is C32H41N7O6. The van der Waals surface area contributed by atoms with Gasteiger partial charge in [0.05, 0.1) is 36.6 Å². The monoisotopic (exact) mass is 619 g/mol. The maximum atomic E-state index is 14.1. The molecule has 0 saturated carbocycles. The van der Waals surface area contributed by atoms with Gasteiger partial charge in [-0.1, -0.05) is 46.8 Å². The van der Waals surface area contributed by atoms with Crippen LogP contribution < -0.4 is 16.0 Å². The van der Waals surface area contributed by atoms with E-state index in [2.05, 4.69) is 32.0 Å². The molecule has 0 radical (unpaired) electrons. The quantitative estimate of drug-likeness (QED) is 0.264. The van der Waals surface area contributed by atoms with Crippen molar-refractivity contribution in [3.05, 3.63) is 59.7 Å². The summed E-state index contributed by atoms with van der Waals surface area (Å²) >= 11 is 0. The molecule has 0 unspecified atom stereocenters. The van der Waals surface area contributed by atoms with Gasteiger partial charge in [-0.05, 0) is 36.0 Å². The molecule has 1 aromatic heterocycles. The van der Waals surface area contributed by atoms with E-state index in [-0.39, 0.29) is 37.1 Å². The van der Waals surface area contributed by atoms with E-state index in [0.29, 0.717) is 18.3 Å². The average molecular weight is 620 g/mol. The van der Waals surface area contributed by atoms with Crippen LogP contribution in [0.5, 0.6) is 0 Å². The van der Waals surface area contributed by atoms with E-state index in [9.17, 15) is 24.0 Å². The Morgan fingerprint density at radius 2 is 1.73 bits per heavy atom. The number of aromatic nitrogens is 2. The molecule has 1 fully saturated rings. The molecule has 2 aromatic rings. The number of rotatable bonds is 14. The summed E-state index contributed by atoms with van der Waals surface area (Å²) < 4.78 is 6.09. The van der Waals surface area contributed by atoms with Crippen molar-refractivity contribution in [3.8, 4) is 6.07 Å². The van der Waals surface area contributed by atoms with Crippen LogP contribution in [0, 0.1) is 23.2 Å². The summed E-state index contributed by atoms with van der Waals surface area (Å²) in [6.45, 7) is 9.12. The summed E-state index contributed by atoms with van der Waals surface area (Å²) in [5.74, 6) is -2.81. The Bertz CT molecular complexity index is 1380. The highest BCUT2D eigenvalue weighted by Crippen LogP contribution is 2.25. The molecule has 1 aliphatic heterocycles. The molecule has 1 saturated heterocycles. The lowest BCUT2D eigenvalue weighted by atomic mass is 9.98. The van der Waals surface area contributed by atoms with E-state index >= 15 is 0 Å². The number of benzene rings is 1. The van der Waals surface area contributed by atoms with E-state index < -0.39 is 53.9 Å². The Morgan fingerprint density at radius 3 is 2.29 bits per heavy atom. The lowest BCUT2D eigenvalue weighted by Gasteiger charge is -2.32. The summed E-state index contributed by atoms with van der Waals surface area (Å²) in [5, 5.41) is 17.2. The van der Waals surface area contributed by atoms with Crippen LogP contribution in [-0.2, 0) is 30.5 Å². The van der Waals surface area contributed by atoms with Crippen molar-refractivity contribution in [1.29, 1.82) is 5.26 Å². The van der Waals surface area contributed by atoms with E-state index in [1.807, 2.05) is 0 Å². The topological polar surface area (TPSA) is 183 Å². The fourth-order valence-electron chi connectivity index (χ4n) is 4.91. The molecule has 0 bridgehead atoms. The highest BCUT2D eigenvalue weighted by Gasteiger charge is 2.44. The zero-order valence-electron chi connectivity index (χ0n) is 26.2. The second-order valence-corrected chi connectivity index (χ2v) is 11.7. The van der Waals surface area contributed by atoms with Crippen molar-refractivity contribution >= 4 is 29.9 Å². The predicted molar refractivity (Wildman–Crippen MR) is 163 cm³/mol. The third-order valence-electron chi connectivity index (χ3n) is 7.61. The van der Waals surface area contributed by atoms with Crippen molar-refractivity contribution in [2.45, 2.75) is 84.3 Å². The summed E-state index contributed by atoms with van der Waals surface area (Å²) in [5.41, 5.74) is 1.39. The maximum absolute atomic E-state index is 14.1. The number of hydrogen-bond donors (Lipinski definition) is 3. The zero-order valence-corrected chi connectivity index (χ0v) is 26.2. The van der Waals surface area contributed by atoms with Gasteiger partial charge in [0.25, 0.3) is 5.91 Å². The molecule has 3 rings (SSSR count). The second kappa shape index (κ2) is 16.4. The molecule has 0 aliphatic carbocycles. The van der Waals surface area contributed by atoms with Gasteiger partial charge >= 0.3 is 0 Å². The Morgan fingerprint density at radius 1 is 1.04 bits per heavy atom. The van der Waals surface area contributed by atoms with Crippen LogP contribution in [0.15, 0.2) is 42.9 Å². The number of likely N-dealkylation sites (tertiary alicyclic amines) is 1. The first-order valence-electron chi connectivity index (χ1n) is 15.0. The number of ether oxygens (including phenoxy) is 1. The minimum Gasteiger partial charge on any atom is -0.372 e. The Balaban J connectivity index is 1.79. The van der Waals surface area contributed by atoms with E-state index in [0.717, 1.165) is 5.56 Å². The van der Waals surface area contributed by atoms with E-state index in [1.165, 1.54) is 23.5 Å². The molecule has 2 heterocycles. The fraction of sp³-hybridized carbons (Fsp3) is 0.500. The van der Waals surface area contributed by atoms with Crippen LogP contribution in [0.1, 0.15) is 69.1 Å². The fourth-order valence-corrected chi connectivity index (χ4v) is 4.91. The number of aldehydes is 1. The van der Waals surface area contributed by atoms with Crippen molar-refractivity contribution in [1.82, 2.24) is 30.8 Å². The Hall–Kier alpha value is -4.70. The summed E-state index contributed by atoms with van der Waals surface area (Å²) in [6, 6.07) is 5.33. The van der Waals surface area contributed by atoms with Crippen molar-refractivity contribution in [2.24, 2.45) is 11.8 Å². The summed E-state index contributed by atoms with van der Waals surface area (Å²) in [4.78, 5) is 74.4. The summed E-state index contributed by atoms with van der Waals surface area (Å²) in [7, 11) is 0. The first-order chi connectivity index (χ1) is 21.5. The van der Waals surface area contributed by atoms with Crippen LogP contribution in [0.25, 0.3) is 0 Å². The molecule has 45 heavy (non-hydrogen) atoms. The molecule has 3 N–H and O–H groups in total. The third-order valence-corrected chi connectivity index (χ3v) is 7.61. The first kappa shape index (κ1) is 34.8. The lowest BCUT2D eigenvalue weighted by molar-refractivity contribution is -0.143. The highest BCUT2D eigenvalue weighted by molar-refractivity contribution is 5.98. The maximum Gasteiger partial charge on any atom is 0.272 e. The van der Waals surface area contributed by atoms with E-state index in [1.54, 1.807) is 58.9 Å². The number of amides is 4. The number of hydrogen-bond acceptors (Lipinski definition) is 9. The third kappa shape index (κ3) is 9.39. The molecule has 240 valence electrons. The van der Waals surface area contributed by atoms with Gasteiger partial charge in [0.15, 0.2) is 0 Å². The molecule has 13 heteroatoms. The van der Waals surface area contributed by atoms with Gasteiger partial charge in [-0.3, -0.25) is 24.2 Å². The highest BCUT2D eigenvalue weighted by atomic mass is 16.5. The minimum absolute atomic E-state index is 0.0473. The second-order valence-electron chi connectivity index (χ2n) is 11.7. The van der Waals surface area contributed by atoms with Crippen molar-refractivity contribution in [3.63, 3.8) is 0 Å². The molecule has 13 nitrogen and oxygen atoms in total. The van der Waals surface area contributed by atoms with Crippen LogP contribution in [0.3, 0.4) is 0 Å². The predicted octanol–water partition coefficient (Wildman–Crippen LogP) is 1.52. The standard InChI is InChI=1S/C32H41N7O6/c1-6-23(17-40)36-30(42)26-13-24(45-18-22-9-7-21(14-33)8-10-22)16-39(26)32(44)28(20(4)5)38-31(43)27(19(2)3)37-29(41)25-15-34-11-12-35-25/h7-12,15,17,19-20,23-24,26-28H,6,13,16,18H2,1-5H3,(H,36,42)(H,37,41)(H,38,43)/t23-,24+,26-,27-,28-/m0/s1. The number of nitriles is 1. The molecule has 1 aliphatic rings. The van der Waals surface area contributed by atoms with E-state index in [4.69, 9.17) is 10.00 Å². The first-order valence-corrected chi connectivity index (χ1v) is 15.0. The largest absolute Gasteiger partial charge is 0.372 e. The lowest BCUT2D eigenvalue weighted by Crippen LogP contribution is -2.59. The number of carbonyl (C=O) groups excluding carboxylic acids is 5. The normalized spacial score (nSPS) is 18.0. The van der Waals surface area contributed by atoms with Gasteiger partial charge < -0.3 is 30.4 Å². The smallest absolute Gasteiger partial charge is 0.272 e. The molecule has 1 aromatic carbocycles. The number of nitrogens with one attached hydrogen (secondary N) is 3. The number of carbonyl (C=O) groups is 5. The van der Waals surface area contributed by atoms with Crippen molar-refractivity contribution in [2.75, 3.05) is 6.54 Å². The number of nitrogens with zero attached hydrogens (tertiary/aromatic N) is 4. The summed E-state index contributed by atoms with van der Waals surface area (Å²) in [6.07, 6.45) is 4.80. The Labute approximate surface area is 263 Å². The van der Waals surface area contributed by atoms with Gasteiger partial charge in [-0.25, -0.2) is 4.98 Å². The van der Waals surface area contributed by atoms with Gasteiger partial charge in [-0.2, -0.15) is 5.26 Å². The van der Waals surface area contributed by atoms with Crippen molar-refractivity contribution < 1.29 is 28.7 Å².